The fourth-order valence-electron chi connectivity index (χ4n) is 1.67. The molecule has 0 aliphatic carbocycles. The van der Waals surface area contributed by atoms with E-state index in [9.17, 15) is 4.79 Å². The molecular formula is C13H16N4O2. The van der Waals surface area contributed by atoms with Gasteiger partial charge in [0, 0.05) is 31.4 Å². The number of anilines is 1. The maximum absolute atomic E-state index is 11.7. The number of ether oxygens (including phenoxy) is 1. The SMILES string of the molecule is COc1ccccc1CNC(=O)Nc1ccn(C)n1. The Morgan fingerprint density at radius 2 is 2.16 bits per heavy atom. The van der Waals surface area contributed by atoms with Gasteiger partial charge >= 0.3 is 6.03 Å². The smallest absolute Gasteiger partial charge is 0.320 e. The number of urea groups is 1. The summed E-state index contributed by atoms with van der Waals surface area (Å²) >= 11 is 0. The lowest BCUT2D eigenvalue weighted by Gasteiger charge is -2.09. The minimum Gasteiger partial charge on any atom is -0.496 e. The summed E-state index contributed by atoms with van der Waals surface area (Å²) in [5.74, 6) is 1.26. The fraction of sp³-hybridized carbons (Fsp3) is 0.231. The Bertz CT molecular complexity index is 565. The Morgan fingerprint density at radius 1 is 1.37 bits per heavy atom. The van der Waals surface area contributed by atoms with E-state index in [1.165, 1.54) is 0 Å². The number of aromatic nitrogens is 2. The molecule has 0 saturated carbocycles. The number of para-hydroxylation sites is 1. The monoisotopic (exact) mass is 260 g/mol. The number of hydrogen-bond acceptors (Lipinski definition) is 3. The molecule has 0 radical (unpaired) electrons. The van der Waals surface area contributed by atoms with Crippen molar-refractivity contribution in [3.05, 3.63) is 42.1 Å². The zero-order valence-corrected chi connectivity index (χ0v) is 10.9. The molecule has 2 aromatic rings. The van der Waals surface area contributed by atoms with Gasteiger partial charge < -0.3 is 10.1 Å². The molecule has 0 spiro atoms. The zero-order valence-electron chi connectivity index (χ0n) is 10.9. The van der Waals surface area contributed by atoms with Crippen LogP contribution in [0.15, 0.2) is 36.5 Å². The van der Waals surface area contributed by atoms with Gasteiger partial charge in [-0.3, -0.25) is 10.00 Å². The Morgan fingerprint density at radius 3 is 2.84 bits per heavy atom. The highest BCUT2D eigenvalue weighted by molar-refractivity contribution is 5.88. The van der Waals surface area contributed by atoms with E-state index in [1.807, 2.05) is 24.3 Å². The summed E-state index contributed by atoms with van der Waals surface area (Å²) < 4.78 is 6.83. The molecule has 0 saturated heterocycles. The van der Waals surface area contributed by atoms with Gasteiger partial charge in [-0.2, -0.15) is 5.10 Å². The molecule has 100 valence electrons. The molecule has 1 aromatic carbocycles. The van der Waals surface area contributed by atoms with Gasteiger partial charge in [0.25, 0.3) is 0 Å². The summed E-state index contributed by atoms with van der Waals surface area (Å²) in [5, 5.41) is 9.46. The molecule has 2 amide bonds. The number of amides is 2. The van der Waals surface area contributed by atoms with Gasteiger partial charge in [0.15, 0.2) is 5.82 Å². The highest BCUT2D eigenvalue weighted by atomic mass is 16.5. The van der Waals surface area contributed by atoms with Gasteiger partial charge in [0.2, 0.25) is 0 Å². The van der Waals surface area contributed by atoms with Crippen molar-refractivity contribution >= 4 is 11.8 Å². The van der Waals surface area contributed by atoms with Crippen LogP contribution in [-0.4, -0.2) is 22.9 Å². The molecule has 0 aliphatic rings. The van der Waals surface area contributed by atoms with E-state index in [1.54, 1.807) is 31.1 Å². The minimum atomic E-state index is -0.301. The highest BCUT2D eigenvalue weighted by Gasteiger charge is 2.06. The summed E-state index contributed by atoms with van der Waals surface area (Å²) in [5.41, 5.74) is 0.918. The van der Waals surface area contributed by atoms with Crippen LogP contribution < -0.4 is 15.4 Å². The van der Waals surface area contributed by atoms with Crippen molar-refractivity contribution < 1.29 is 9.53 Å². The van der Waals surface area contributed by atoms with E-state index in [2.05, 4.69) is 15.7 Å². The maximum Gasteiger partial charge on any atom is 0.320 e. The Labute approximate surface area is 111 Å². The van der Waals surface area contributed by atoms with Crippen LogP contribution in [0, 0.1) is 0 Å². The zero-order chi connectivity index (χ0) is 13.7. The first-order valence-corrected chi connectivity index (χ1v) is 5.85. The second-order valence-electron chi connectivity index (χ2n) is 3.99. The van der Waals surface area contributed by atoms with Crippen molar-refractivity contribution in [3.63, 3.8) is 0 Å². The third-order valence-electron chi connectivity index (χ3n) is 2.59. The number of carbonyl (C=O) groups is 1. The van der Waals surface area contributed by atoms with E-state index < -0.39 is 0 Å². The molecule has 2 rings (SSSR count). The lowest BCUT2D eigenvalue weighted by molar-refractivity contribution is 0.251. The third-order valence-corrected chi connectivity index (χ3v) is 2.59. The van der Waals surface area contributed by atoms with Crippen LogP contribution >= 0.6 is 0 Å². The molecule has 19 heavy (non-hydrogen) atoms. The number of aryl methyl sites for hydroxylation is 1. The van der Waals surface area contributed by atoms with Gasteiger partial charge in [-0.25, -0.2) is 4.79 Å². The van der Waals surface area contributed by atoms with E-state index in [-0.39, 0.29) is 6.03 Å². The molecular weight excluding hydrogens is 244 g/mol. The molecule has 0 fully saturated rings. The molecule has 2 N–H and O–H groups in total. The number of benzene rings is 1. The minimum absolute atomic E-state index is 0.301. The van der Waals surface area contributed by atoms with E-state index in [0.29, 0.717) is 12.4 Å². The van der Waals surface area contributed by atoms with Crippen LogP contribution in [0.5, 0.6) is 5.75 Å². The standard InChI is InChI=1S/C13H16N4O2/c1-17-8-7-12(16-17)15-13(18)14-9-10-5-3-4-6-11(10)19-2/h3-8H,9H2,1-2H3,(H2,14,15,16,18). The average Bonchev–Trinajstić information content (AvgIpc) is 2.82. The van der Waals surface area contributed by atoms with Crippen molar-refractivity contribution in [2.24, 2.45) is 7.05 Å². The molecule has 1 heterocycles. The molecule has 0 bridgehead atoms. The maximum atomic E-state index is 11.7. The van der Waals surface area contributed by atoms with E-state index in [4.69, 9.17) is 4.74 Å². The normalized spacial score (nSPS) is 10.0. The second-order valence-corrected chi connectivity index (χ2v) is 3.99. The second kappa shape index (κ2) is 5.90. The summed E-state index contributed by atoms with van der Waals surface area (Å²) in [6.45, 7) is 0.392. The van der Waals surface area contributed by atoms with Gasteiger partial charge in [0.05, 0.1) is 7.11 Å². The quantitative estimate of drug-likeness (QED) is 0.880. The van der Waals surface area contributed by atoms with Crippen LogP contribution in [0.2, 0.25) is 0 Å². The van der Waals surface area contributed by atoms with Crippen molar-refractivity contribution in [2.45, 2.75) is 6.54 Å². The topological polar surface area (TPSA) is 68.2 Å². The predicted molar refractivity (Wildman–Crippen MR) is 72.1 cm³/mol. The van der Waals surface area contributed by atoms with Crippen molar-refractivity contribution in [1.82, 2.24) is 15.1 Å². The molecule has 0 atom stereocenters. The molecule has 1 aromatic heterocycles. The summed E-state index contributed by atoms with van der Waals surface area (Å²) in [6, 6.07) is 8.97. The predicted octanol–water partition coefficient (Wildman–Crippen LogP) is 1.75. The van der Waals surface area contributed by atoms with Crippen molar-refractivity contribution in [2.75, 3.05) is 12.4 Å². The van der Waals surface area contributed by atoms with Crippen molar-refractivity contribution in [1.29, 1.82) is 0 Å². The Hall–Kier alpha value is -2.50. The van der Waals surface area contributed by atoms with Gasteiger partial charge in [0.1, 0.15) is 5.75 Å². The number of rotatable bonds is 4. The number of methoxy groups -OCH3 is 1. The first-order chi connectivity index (χ1) is 9.19. The summed E-state index contributed by atoms with van der Waals surface area (Å²) in [7, 11) is 3.39. The van der Waals surface area contributed by atoms with Crippen LogP contribution in [0.4, 0.5) is 10.6 Å². The molecule has 0 unspecified atom stereocenters. The van der Waals surface area contributed by atoms with E-state index >= 15 is 0 Å². The first kappa shape index (κ1) is 12.9. The molecule has 6 nitrogen and oxygen atoms in total. The van der Waals surface area contributed by atoms with Crippen LogP contribution in [-0.2, 0) is 13.6 Å². The summed E-state index contributed by atoms with van der Waals surface area (Å²) in [6.07, 6.45) is 1.76. The Kier molecular flexibility index (Phi) is 4.02. The number of carbonyl (C=O) groups excluding carboxylic acids is 1. The van der Waals surface area contributed by atoms with Gasteiger partial charge in [-0.1, -0.05) is 18.2 Å². The van der Waals surface area contributed by atoms with Gasteiger partial charge in [-0.15, -0.1) is 0 Å². The summed E-state index contributed by atoms with van der Waals surface area (Å²) in [4.78, 5) is 11.7. The van der Waals surface area contributed by atoms with Crippen molar-refractivity contribution in [3.8, 4) is 5.75 Å². The third kappa shape index (κ3) is 3.48. The highest BCUT2D eigenvalue weighted by Crippen LogP contribution is 2.16. The van der Waals surface area contributed by atoms with Gasteiger partial charge in [-0.05, 0) is 6.07 Å². The average molecular weight is 260 g/mol. The van der Waals surface area contributed by atoms with Crippen LogP contribution in [0.25, 0.3) is 0 Å². The fourth-order valence-corrected chi connectivity index (χ4v) is 1.67. The number of nitrogens with one attached hydrogen (secondary N) is 2. The van der Waals surface area contributed by atoms with E-state index in [0.717, 1.165) is 11.3 Å². The molecule has 0 aliphatic heterocycles. The number of nitrogens with zero attached hydrogens (tertiary/aromatic N) is 2. The lowest BCUT2D eigenvalue weighted by atomic mass is 10.2. The lowest BCUT2D eigenvalue weighted by Crippen LogP contribution is -2.28. The van der Waals surface area contributed by atoms with Crippen LogP contribution in [0.1, 0.15) is 5.56 Å². The Balaban J connectivity index is 1.89. The first-order valence-electron chi connectivity index (χ1n) is 5.85. The largest absolute Gasteiger partial charge is 0.496 e. The molecule has 6 heteroatoms. The van der Waals surface area contributed by atoms with Crippen LogP contribution in [0.3, 0.4) is 0 Å². The number of hydrogen-bond donors (Lipinski definition) is 2.